The van der Waals surface area contributed by atoms with Gasteiger partial charge in [-0.25, -0.2) is 10.2 Å². The monoisotopic (exact) mass is 189 g/mol. The van der Waals surface area contributed by atoms with Gasteiger partial charge in [-0.3, -0.25) is 10.2 Å². The van der Waals surface area contributed by atoms with Crippen LogP contribution in [0.1, 0.15) is 12.8 Å². The highest BCUT2D eigenvalue weighted by Gasteiger charge is 2.02. The summed E-state index contributed by atoms with van der Waals surface area (Å²) in [4.78, 5) is 31.0. The number of rotatable bonds is 3. The summed E-state index contributed by atoms with van der Waals surface area (Å²) in [5.74, 6) is -1.96. The van der Waals surface area contributed by atoms with Gasteiger partial charge in [0.05, 0.1) is 7.11 Å². The number of nitrogens with one attached hydrogen (secondary N) is 2. The standard InChI is InChI=1S/C6H10N2O5/c1-13-6(12)8-7-4(9)2-3-5(10)11/h2-3H2,1H3,(H,7,9)(H,8,12)(H,10,11)/p-1. The summed E-state index contributed by atoms with van der Waals surface area (Å²) in [7, 11) is 1.13. The van der Waals surface area contributed by atoms with Crippen molar-refractivity contribution in [2.24, 2.45) is 0 Å². The molecule has 0 aromatic carbocycles. The molecule has 0 unspecified atom stereocenters. The Labute approximate surface area is 74.0 Å². The molecule has 0 aliphatic heterocycles. The molecule has 2 amide bonds. The normalized spacial score (nSPS) is 8.69. The first-order valence-electron chi connectivity index (χ1n) is 3.39. The minimum Gasteiger partial charge on any atom is -0.550 e. The second-order valence-electron chi connectivity index (χ2n) is 2.04. The molecule has 0 heterocycles. The van der Waals surface area contributed by atoms with Gasteiger partial charge in [0, 0.05) is 12.4 Å². The molecule has 0 aliphatic rings. The third-order valence-corrected chi connectivity index (χ3v) is 1.05. The molecule has 2 N–H and O–H groups in total. The number of carbonyl (C=O) groups excluding carboxylic acids is 3. The topological polar surface area (TPSA) is 108 Å². The Morgan fingerprint density at radius 1 is 1.23 bits per heavy atom. The van der Waals surface area contributed by atoms with E-state index in [9.17, 15) is 19.5 Å². The molecule has 74 valence electrons. The van der Waals surface area contributed by atoms with Crippen LogP contribution in [0.3, 0.4) is 0 Å². The minimum atomic E-state index is -1.33. The van der Waals surface area contributed by atoms with Crippen molar-refractivity contribution in [3.63, 3.8) is 0 Å². The highest BCUT2D eigenvalue weighted by molar-refractivity contribution is 5.81. The van der Waals surface area contributed by atoms with E-state index in [4.69, 9.17) is 0 Å². The Bertz CT molecular complexity index is 215. The summed E-state index contributed by atoms with van der Waals surface area (Å²) in [6.07, 6.45) is -1.48. The van der Waals surface area contributed by atoms with E-state index in [1.165, 1.54) is 0 Å². The van der Waals surface area contributed by atoms with E-state index >= 15 is 0 Å². The lowest BCUT2D eigenvalue weighted by atomic mass is 10.3. The fourth-order valence-corrected chi connectivity index (χ4v) is 0.450. The number of hydrogen-bond donors (Lipinski definition) is 2. The lowest BCUT2D eigenvalue weighted by Crippen LogP contribution is -2.41. The second kappa shape index (κ2) is 5.81. The van der Waals surface area contributed by atoms with Crippen molar-refractivity contribution in [1.82, 2.24) is 10.9 Å². The lowest BCUT2D eigenvalue weighted by molar-refractivity contribution is -0.305. The van der Waals surface area contributed by atoms with Gasteiger partial charge in [-0.15, -0.1) is 0 Å². The van der Waals surface area contributed by atoms with Gasteiger partial charge in [-0.2, -0.15) is 0 Å². The van der Waals surface area contributed by atoms with Gasteiger partial charge in [-0.05, 0) is 6.42 Å². The number of carboxylic acid groups (broad SMARTS) is 1. The number of aliphatic carboxylic acids is 1. The van der Waals surface area contributed by atoms with Crippen molar-refractivity contribution >= 4 is 18.0 Å². The van der Waals surface area contributed by atoms with Crippen molar-refractivity contribution in [2.45, 2.75) is 12.8 Å². The average Bonchev–Trinajstić information content (AvgIpc) is 2.10. The molecule has 0 spiro atoms. The Balaban J connectivity index is 3.52. The summed E-state index contributed by atoms with van der Waals surface area (Å²) < 4.78 is 4.13. The molecule has 0 aromatic heterocycles. The summed E-state index contributed by atoms with van der Waals surface area (Å²) in [6, 6.07) is 0. The number of hydrogen-bond acceptors (Lipinski definition) is 5. The number of carbonyl (C=O) groups is 3. The third kappa shape index (κ3) is 6.60. The fraction of sp³-hybridized carbons (Fsp3) is 0.500. The van der Waals surface area contributed by atoms with E-state index in [2.05, 4.69) is 4.74 Å². The molecule has 7 heteroatoms. The molecule has 7 nitrogen and oxygen atoms in total. The molecule has 0 aliphatic carbocycles. The van der Waals surface area contributed by atoms with E-state index in [0.717, 1.165) is 7.11 Å². The maximum absolute atomic E-state index is 10.7. The first kappa shape index (κ1) is 11.2. The Hall–Kier alpha value is -1.79. The highest BCUT2D eigenvalue weighted by atomic mass is 16.5. The summed E-state index contributed by atoms with van der Waals surface area (Å²) >= 11 is 0. The molecule has 0 aromatic rings. The molecule has 13 heavy (non-hydrogen) atoms. The van der Waals surface area contributed by atoms with Crippen LogP contribution in [0, 0.1) is 0 Å². The van der Waals surface area contributed by atoms with E-state index in [1.807, 2.05) is 10.9 Å². The molecular formula is C6H9N2O5-. The van der Waals surface area contributed by atoms with Crippen LogP contribution in [0.2, 0.25) is 0 Å². The van der Waals surface area contributed by atoms with Gasteiger partial charge in [0.15, 0.2) is 0 Å². The van der Waals surface area contributed by atoms with Crippen LogP contribution >= 0.6 is 0 Å². The van der Waals surface area contributed by atoms with Crippen LogP contribution < -0.4 is 16.0 Å². The van der Waals surface area contributed by atoms with Gasteiger partial charge in [-0.1, -0.05) is 0 Å². The summed E-state index contributed by atoms with van der Waals surface area (Å²) in [5, 5.41) is 9.89. The van der Waals surface area contributed by atoms with Crippen molar-refractivity contribution in [1.29, 1.82) is 0 Å². The molecular weight excluding hydrogens is 180 g/mol. The van der Waals surface area contributed by atoms with Crippen LogP contribution in [0.25, 0.3) is 0 Å². The fourth-order valence-electron chi connectivity index (χ4n) is 0.450. The van der Waals surface area contributed by atoms with Crippen molar-refractivity contribution in [3.8, 4) is 0 Å². The minimum absolute atomic E-state index is 0.258. The van der Waals surface area contributed by atoms with Crippen molar-refractivity contribution in [2.75, 3.05) is 7.11 Å². The predicted octanol–water partition coefficient (Wildman–Crippen LogP) is -2.10. The van der Waals surface area contributed by atoms with E-state index in [1.54, 1.807) is 0 Å². The lowest BCUT2D eigenvalue weighted by Gasteiger charge is -2.05. The van der Waals surface area contributed by atoms with Gasteiger partial charge in [0.1, 0.15) is 0 Å². The second-order valence-corrected chi connectivity index (χ2v) is 2.04. The van der Waals surface area contributed by atoms with Crippen LogP contribution in [-0.2, 0) is 14.3 Å². The zero-order chi connectivity index (χ0) is 10.3. The van der Waals surface area contributed by atoms with E-state index < -0.39 is 24.4 Å². The predicted molar refractivity (Wildman–Crippen MR) is 37.9 cm³/mol. The third-order valence-electron chi connectivity index (χ3n) is 1.05. The number of ether oxygens (including phenoxy) is 1. The van der Waals surface area contributed by atoms with Gasteiger partial charge in [0.25, 0.3) is 0 Å². The smallest absolute Gasteiger partial charge is 0.425 e. The Morgan fingerprint density at radius 2 is 1.85 bits per heavy atom. The number of carboxylic acids is 1. The van der Waals surface area contributed by atoms with Crippen molar-refractivity contribution < 1.29 is 24.2 Å². The summed E-state index contributed by atoms with van der Waals surface area (Å²) in [5.41, 5.74) is 3.82. The molecule has 0 atom stereocenters. The molecule has 0 bridgehead atoms. The molecule has 0 rings (SSSR count). The largest absolute Gasteiger partial charge is 0.550 e. The van der Waals surface area contributed by atoms with Gasteiger partial charge >= 0.3 is 6.09 Å². The maximum Gasteiger partial charge on any atom is 0.425 e. The maximum atomic E-state index is 10.7. The number of hydrazine groups is 1. The SMILES string of the molecule is COC(=O)NNC(=O)CCC(=O)[O-]. The average molecular weight is 189 g/mol. The highest BCUT2D eigenvalue weighted by Crippen LogP contribution is 1.84. The van der Waals surface area contributed by atoms with E-state index in [0.29, 0.717) is 0 Å². The first-order valence-corrected chi connectivity index (χ1v) is 3.39. The van der Waals surface area contributed by atoms with Crippen LogP contribution in [0.15, 0.2) is 0 Å². The van der Waals surface area contributed by atoms with Gasteiger partial charge < -0.3 is 14.6 Å². The molecule has 0 fully saturated rings. The number of amides is 2. The quantitative estimate of drug-likeness (QED) is 0.494. The zero-order valence-electron chi connectivity index (χ0n) is 6.96. The van der Waals surface area contributed by atoms with Crippen LogP contribution in [0.5, 0.6) is 0 Å². The Kier molecular flexibility index (Phi) is 5.01. The summed E-state index contributed by atoms with van der Waals surface area (Å²) in [6.45, 7) is 0. The van der Waals surface area contributed by atoms with Gasteiger partial charge in [0.2, 0.25) is 5.91 Å². The van der Waals surface area contributed by atoms with Crippen LogP contribution in [0.4, 0.5) is 4.79 Å². The van der Waals surface area contributed by atoms with E-state index in [-0.39, 0.29) is 6.42 Å². The Morgan fingerprint density at radius 3 is 2.31 bits per heavy atom. The molecule has 0 saturated carbocycles. The molecule has 0 radical (unpaired) electrons. The molecule has 0 saturated heterocycles. The van der Waals surface area contributed by atoms with Crippen molar-refractivity contribution in [3.05, 3.63) is 0 Å². The first-order chi connectivity index (χ1) is 6.06. The van der Waals surface area contributed by atoms with Crippen LogP contribution in [-0.4, -0.2) is 25.1 Å². The zero-order valence-corrected chi connectivity index (χ0v) is 6.96. The number of methoxy groups -OCH3 is 1.